The van der Waals surface area contributed by atoms with Gasteiger partial charge in [-0.15, -0.1) is 0 Å². The van der Waals surface area contributed by atoms with Gasteiger partial charge in [0.05, 0.1) is 17.9 Å². The minimum atomic E-state index is -0.321. The molecule has 0 atom stereocenters. The van der Waals surface area contributed by atoms with Crippen LogP contribution in [0, 0.1) is 20.8 Å². The van der Waals surface area contributed by atoms with Gasteiger partial charge in [-0.05, 0) is 57.0 Å². The normalized spacial score (nSPS) is 10.4. The SMILES string of the molecule is CCOC(=O)CSc1nc(C)cc(C)c1C(=O)Nc1cccc(C)c1. The van der Waals surface area contributed by atoms with Crippen LogP contribution < -0.4 is 5.32 Å². The van der Waals surface area contributed by atoms with E-state index >= 15 is 0 Å². The van der Waals surface area contributed by atoms with Gasteiger partial charge >= 0.3 is 5.97 Å². The maximum Gasteiger partial charge on any atom is 0.316 e. The Bertz CT molecular complexity index is 790. The van der Waals surface area contributed by atoms with E-state index in [0.717, 1.165) is 22.5 Å². The lowest BCUT2D eigenvalue weighted by molar-refractivity contribution is -0.139. The molecule has 6 heteroatoms. The minimum absolute atomic E-state index is 0.120. The number of carbonyl (C=O) groups is 2. The van der Waals surface area contributed by atoms with Gasteiger partial charge in [-0.25, -0.2) is 4.98 Å². The Hall–Kier alpha value is -2.34. The van der Waals surface area contributed by atoms with Crippen molar-refractivity contribution in [3.8, 4) is 0 Å². The van der Waals surface area contributed by atoms with Crippen molar-refractivity contribution in [2.75, 3.05) is 17.7 Å². The second-order valence-electron chi connectivity index (χ2n) is 5.68. The van der Waals surface area contributed by atoms with Gasteiger partial charge in [0, 0.05) is 11.4 Å². The Kier molecular flexibility index (Phi) is 6.58. The molecule has 0 radical (unpaired) electrons. The number of nitrogens with one attached hydrogen (secondary N) is 1. The molecule has 0 aliphatic carbocycles. The highest BCUT2D eigenvalue weighted by atomic mass is 32.2. The molecule has 1 N–H and O–H groups in total. The molecule has 1 amide bonds. The first kappa shape index (κ1) is 19.0. The average Bonchev–Trinajstić information content (AvgIpc) is 2.52. The van der Waals surface area contributed by atoms with Crippen LogP contribution >= 0.6 is 11.8 Å². The summed E-state index contributed by atoms with van der Waals surface area (Å²) in [4.78, 5) is 28.8. The zero-order valence-corrected chi connectivity index (χ0v) is 15.7. The molecule has 132 valence electrons. The first-order chi connectivity index (χ1) is 11.9. The smallest absolute Gasteiger partial charge is 0.316 e. The summed E-state index contributed by atoms with van der Waals surface area (Å²) in [7, 11) is 0. The van der Waals surface area contributed by atoms with Gasteiger partial charge in [-0.3, -0.25) is 9.59 Å². The summed E-state index contributed by atoms with van der Waals surface area (Å²) < 4.78 is 4.95. The molecule has 0 aliphatic heterocycles. The highest BCUT2D eigenvalue weighted by Gasteiger charge is 2.18. The Morgan fingerprint density at radius 2 is 1.96 bits per heavy atom. The topological polar surface area (TPSA) is 68.3 Å². The summed E-state index contributed by atoms with van der Waals surface area (Å²) in [5.74, 6) is -0.436. The Morgan fingerprint density at radius 1 is 1.20 bits per heavy atom. The van der Waals surface area contributed by atoms with E-state index in [4.69, 9.17) is 4.74 Å². The molecule has 2 rings (SSSR count). The van der Waals surface area contributed by atoms with E-state index in [1.807, 2.05) is 51.1 Å². The van der Waals surface area contributed by atoms with Crippen LogP contribution in [0.5, 0.6) is 0 Å². The van der Waals surface area contributed by atoms with Gasteiger partial charge in [0.2, 0.25) is 0 Å². The quantitative estimate of drug-likeness (QED) is 0.626. The fraction of sp³-hybridized carbons (Fsp3) is 0.316. The molecule has 0 spiro atoms. The summed E-state index contributed by atoms with van der Waals surface area (Å²) in [6.45, 7) is 7.80. The molecule has 0 saturated carbocycles. The van der Waals surface area contributed by atoms with Crippen LogP contribution in [-0.2, 0) is 9.53 Å². The predicted octanol–water partition coefficient (Wildman–Crippen LogP) is 3.91. The molecular weight excluding hydrogens is 336 g/mol. The first-order valence-corrected chi connectivity index (χ1v) is 9.04. The van der Waals surface area contributed by atoms with Crippen LogP contribution in [0.4, 0.5) is 5.69 Å². The van der Waals surface area contributed by atoms with Crippen molar-refractivity contribution in [2.24, 2.45) is 0 Å². The molecule has 25 heavy (non-hydrogen) atoms. The number of hydrogen-bond donors (Lipinski definition) is 1. The van der Waals surface area contributed by atoms with E-state index < -0.39 is 0 Å². The number of rotatable bonds is 6. The number of nitrogens with zero attached hydrogens (tertiary/aromatic N) is 1. The summed E-state index contributed by atoms with van der Waals surface area (Å²) in [6, 6.07) is 9.46. The lowest BCUT2D eigenvalue weighted by Gasteiger charge is -2.13. The van der Waals surface area contributed by atoms with Crippen LogP contribution in [0.3, 0.4) is 0 Å². The Labute approximate surface area is 152 Å². The number of aromatic nitrogens is 1. The third-order valence-electron chi connectivity index (χ3n) is 3.45. The van der Waals surface area contributed by atoms with E-state index in [1.165, 1.54) is 11.8 Å². The second kappa shape index (κ2) is 8.67. The number of anilines is 1. The summed E-state index contributed by atoms with van der Waals surface area (Å²) >= 11 is 1.22. The molecule has 1 aromatic heterocycles. The number of esters is 1. The highest BCUT2D eigenvalue weighted by molar-refractivity contribution is 8.00. The van der Waals surface area contributed by atoms with Gasteiger partial charge in [-0.1, -0.05) is 23.9 Å². The van der Waals surface area contributed by atoms with Crippen LogP contribution in [0.2, 0.25) is 0 Å². The minimum Gasteiger partial charge on any atom is -0.465 e. The monoisotopic (exact) mass is 358 g/mol. The number of hydrogen-bond acceptors (Lipinski definition) is 5. The number of aryl methyl sites for hydroxylation is 3. The zero-order valence-electron chi connectivity index (χ0n) is 14.9. The molecule has 0 unspecified atom stereocenters. The van der Waals surface area contributed by atoms with Gasteiger partial charge in [0.15, 0.2) is 0 Å². The van der Waals surface area contributed by atoms with Crippen molar-refractivity contribution in [3.05, 3.63) is 52.7 Å². The maximum atomic E-state index is 12.8. The molecule has 5 nitrogen and oxygen atoms in total. The lowest BCUT2D eigenvalue weighted by Crippen LogP contribution is -2.16. The van der Waals surface area contributed by atoms with E-state index in [-0.39, 0.29) is 17.6 Å². The number of thioether (sulfide) groups is 1. The third kappa shape index (κ3) is 5.32. The Morgan fingerprint density at radius 3 is 2.64 bits per heavy atom. The fourth-order valence-electron chi connectivity index (χ4n) is 2.43. The summed E-state index contributed by atoms with van der Waals surface area (Å²) in [5.41, 5.74) is 3.90. The van der Waals surface area contributed by atoms with E-state index in [2.05, 4.69) is 10.3 Å². The third-order valence-corrected chi connectivity index (χ3v) is 4.40. The van der Waals surface area contributed by atoms with Crippen LogP contribution in [-0.4, -0.2) is 29.2 Å². The number of pyridine rings is 1. The standard InChI is InChI=1S/C19H22N2O3S/c1-5-24-16(22)11-25-19-17(13(3)10-14(4)20-19)18(23)21-15-8-6-7-12(2)9-15/h6-10H,5,11H2,1-4H3,(H,21,23). The van der Waals surface area contributed by atoms with Crippen molar-refractivity contribution < 1.29 is 14.3 Å². The Balaban J connectivity index is 2.25. The summed E-state index contributed by atoms with van der Waals surface area (Å²) in [6.07, 6.45) is 0. The second-order valence-corrected chi connectivity index (χ2v) is 6.64. The van der Waals surface area contributed by atoms with Crippen LogP contribution in [0.1, 0.15) is 34.1 Å². The van der Waals surface area contributed by atoms with Crippen LogP contribution in [0.15, 0.2) is 35.4 Å². The molecule has 1 heterocycles. The molecule has 0 aliphatic rings. The number of carbonyl (C=O) groups excluding carboxylic acids is 2. The van der Waals surface area contributed by atoms with Gasteiger partial charge in [-0.2, -0.15) is 0 Å². The van der Waals surface area contributed by atoms with Gasteiger partial charge in [0.25, 0.3) is 5.91 Å². The molecular formula is C19H22N2O3S. The van der Waals surface area contributed by atoms with Crippen molar-refractivity contribution in [3.63, 3.8) is 0 Å². The molecule has 1 aromatic carbocycles. The van der Waals surface area contributed by atoms with Crippen molar-refractivity contribution >= 4 is 29.3 Å². The first-order valence-electron chi connectivity index (χ1n) is 8.05. The number of amides is 1. The largest absolute Gasteiger partial charge is 0.465 e. The molecule has 0 saturated heterocycles. The average molecular weight is 358 g/mol. The van der Waals surface area contributed by atoms with Crippen LogP contribution in [0.25, 0.3) is 0 Å². The maximum absolute atomic E-state index is 12.8. The van der Waals surface area contributed by atoms with E-state index in [9.17, 15) is 9.59 Å². The molecule has 0 bridgehead atoms. The number of benzene rings is 1. The van der Waals surface area contributed by atoms with Crippen molar-refractivity contribution in [1.29, 1.82) is 0 Å². The fourth-order valence-corrected chi connectivity index (χ4v) is 3.37. The van der Waals surface area contributed by atoms with Gasteiger partial charge < -0.3 is 10.1 Å². The predicted molar refractivity (Wildman–Crippen MR) is 100 cm³/mol. The van der Waals surface area contributed by atoms with Crippen molar-refractivity contribution in [2.45, 2.75) is 32.7 Å². The van der Waals surface area contributed by atoms with Crippen molar-refractivity contribution in [1.82, 2.24) is 4.98 Å². The summed E-state index contributed by atoms with van der Waals surface area (Å²) in [5, 5.41) is 3.44. The van der Waals surface area contributed by atoms with E-state index in [1.54, 1.807) is 6.92 Å². The number of ether oxygens (including phenoxy) is 1. The lowest BCUT2D eigenvalue weighted by atomic mass is 10.1. The molecule has 2 aromatic rings. The van der Waals surface area contributed by atoms with Gasteiger partial charge in [0.1, 0.15) is 5.03 Å². The highest BCUT2D eigenvalue weighted by Crippen LogP contribution is 2.25. The van der Waals surface area contributed by atoms with E-state index in [0.29, 0.717) is 17.2 Å². The molecule has 0 fully saturated rings. The zero-order chi connectivity index (χ0) is 18.4.